The van der Waals surface area contributed by atoms with Gasteiger partial charge in [0.1, 0.15) is 6.07 Å². The molecule has 20 heavy (non-hydrogen) atoms. The number of rotatable bonds is 4. The Hall–Kier alpha value is -1.42. The van der Waals surface area contributed by atoms with E-state index in [1.807, 2.05) is 6.92 Å². The van der Waals surface area contributed by atoms with Gasteiger partial charge in [-0.15, -0.1) is 0 Å². The molecular formula is C14H16BrN3O2. The van der Waals surface area contributed by atoms with Crippen LogP contribution >= 0.6 is 15.9 Å². The SMILES string of the molecule is CCNC1COCC1C(=O)Nc1cc(Br)ccc1C#N. The van der Waals surface area contributed by atoms with Crippen molar-refractivity contribution in [2.75, 3.05) is 25.1 Å². The molecule has 1 amide bonds. The molecule has 0 radical (unpaired) electrons. The van der Waals surface area contributed by atoms with E-state index in [2.05, 4.69) is 32.6 Å². The lowest BCUT2D eigenvalue weighted by atomic mass is 10.0. The Bertz CT molecular complexity index is 542. The Morgan fingerprint density at radius 1 is 1.55 bits per heavy atom. The number of nitrogens with zero attached hydrogens (tertiary/aromatic N) is 1. The van der Waals surface area contributed by atoms with E-state index < -0.39 is 0 Å². The van der Waals surface area contributed by atoms with Crippen molar-refractivity contribution in [3.05, 3.63) is 28.2 Å². The molecule has 106 valence electrons. The van der Waals surface area contributed by atoms with Crippen LogP contribution in [0, 0.1) is 17.2 Å². The Kier molecular flexibility index (Phi) is 5.12. The first-order chi connectivity index (χ1) is 9.65. The number of nitriles is 1. The highest BCUT2D eigenvalue weighted by Crippen LogP contribution is 2.23. The number of anilines is 1. The maximum absolute atomic E-state index is 12.3. The first-order valence-electron chi connectivity index (χ1n) is 6.47. The highest BCUT2D eigenvalue weighted by molar-refractivity contribution is 9.10. The molecule has 1 aromatic rings. The van der Waals surface area contributed by atoms with Gasteiger partial charge in [0.2, 0.25) is 5.91 Å². The zero-order valence-electron chi connectivity index (χ0n) is 11.1. The van der Waals surface area contributed by atoms with E-state index >= 15 is 0 Å². The first kappa shape index (κ1) is 15.0. The molecule has 2 rings (SSSR count). The Labute approximate surface area is 126 Å². The van der Waals surface area contributed by atoms with Crippen LogP contribution in [0.3, 0.4) is 0 Å². The number of hydrogen-bond donors (Lipinski definition) is 2. The topological polar surface area (TPSA) is 74.2 Å². The van der Waals surface area contributed by atoms with E-state index in [9.17, 15) is 4.79 Å². The highest BCUT2D eigenvalue weighted by atomic mass is 79.9. The second-order valence-electron chi connectivity index (χ2n) is 4.60. The van der Waals surface area contributed by atoms with Gasteiger partial charge in [-0.2, -0.15) is 5.26 Å². The molecule has 1 heterocycles. The molecular weight excluding hydrogens is 322 g/mol. The molecule has 0 saturated carbocycles. The summed E-state index contributed by atoms with van der Waals surface area (Å²) in [5.41, 5.74) is 0.967. The molecule has 1 aromatic carbocycles. The largest absolute Gasteiger partial charge is 0.379 e. The molecule has 0 spiro atoms. The molecule has 2 N–H and O–H groups in total. The van der Waals surface area contributed by atoms with E-state index in [4.69, 9.17) is 10.00 Å². The molecule has 6 heteroatoms. The number of carbonyl (C=O) groups excluding carboxylic acids is 1. The van der Waals surface area contributed by atoms with Crippen LogP contribution in [0.4, 0.5) is 5.69 Å². The minimum absolute atomic E-state index is 0.0256. The number of carbonyl (C=O) groups is 1. The van der Waals surface area contributed by atoms with Crippen molar-refractivity contribution < 1.29 is 9.53 Å². The predicted octanol–water partition coefficient (Wildman–Crippen LogP) is 1.88. The van der Waals surface area contributed by atoms with Crippen molar-refractivity contribution in [1.82, 2.24) is 5.32 Å². The van der Waals surface area contributed by atoms with Crippen molar-refractivity contribution in [1.29, 1.82) is 5.26 Å². The van der Waals surface area contributed by atoms with Gasteiger partial charge >= 0.3 is 0 Å². The predicted molar refractivity (Wildman–Crippen MR) is 79.3 cm³/mol. The molecule has 1 saturated heterocycles. The Morgan fingerprint density at radius 2 is 2.35 bits per heavy atom. The van der Waals surface area contributed by atoms with Gasteiger partial charge in [-0.3, -0.25) is 4.79 Å². The van der Waals surface area contributed by atoms with Gasteiger partial charge in [0.15, 0.2) is 0 Å². The minimum Gasteiger partial charge on any atom is -0.379 e. The zero-order valence-corrected chi connectivity index (χ0v) is 12.7. The summed E-state index contributed by atoms with van der Waals surface area (Å²) in [5, 5.41) is 15.1. The van der Waals surface area contributed by atoms with Gasteiger partial charge in [0.05, 0.1) is 30.4 Å². The number of amides is 1. The summed E-state index contributed by atoms with van der Waals surface area (Å²) in [7, 11) is 0. The third kappa shape index (κ3) is 3.37. The van der Waals surface area contributed by atoms with E-state index in [1.54, 1.807) is 18.2 Å². The van der Waals surface area contributed by atoms with Crippen LogP contribution in [-0.2, 0) is 9.53 Å². The number of hydrogen-bond acceptors (Lipinski definition) is 4. The van der Waals surface area contributed by atoms with Crippen LogP contribution in [0.2, 0.25) is 0 Å². The van der Waals surface area contributed by atoms with Gasteiger partial charge in [0, 0.05) is 10.5 Å². The summed E-state index contributed by atoms with van der Waals surface area (Å²) in [5.74, 6) is -0.358. The van der Waals surface area contributed by atoms with Crippen LogP contribution in [0.25, 0.3) is 0 Å². The van der Waals surface area contributed by atoms with Crippen LogP contribution in [0.15, 0.2) is 22.7 Å². The van der Waals surface area contributed by atoms with E-state index in [-0.39, 0.29) is 17.9 Å². The number of ether oxygens (including phenoxy) is 1. The normalized spacial score (nSPS) is 21.4. The van der Waals surface area contributed by atoms with Gasteiger partial charge in [-0.05, 0) is 24.7 Å². The average Bonchev–Trinajstić information content (AvgIpc) is 2.88. The number of halogens is 1. The fraction of sp³-hybridized carbons (Fsp3) is 0.429. The van der Waals surface area contributed by atoms with Gasteiger partial charge in [-0.1, -0.05) is 22.9 Å². The van der Waals surface area contributed by atoms with Crippen LogP contribution in [0.5, 0.6) is 0 Å². The monoisotopic (exact) mass is 337 g/mol. The average molecular weight is 338 g/mol. The number of likely N-dealkylation sites (N-methyl/N-ethyl adjacent to an activating group) is 1. The summed E-state index contributed by atoms with van der Waals surface area (Å²) < 4.78 is 6.18. The fourth-order valence-electron chi connectivity index (χ4n) is 2.22. The first-order valence-corrected chi connectivity index (χ1v) is 7.26. The van der Waals surface area contributed by atoms with Crippen LogP contribution in [0.1, 0.15) is 12.5 Å². The Morgan fingerprint density at radius 3 is 3.05 bits per heavy atom. The molecule has 2 unspecified atom stereocenters. The molecule has 2 atom stereocenters. The summed E-state index contributed by atoms with van der Waals surface area (Å²) in [6.07, 6.45) is 0. The maximum Gasteiger partial charge on any atom is 0.231 e. The van der Waals surface area contributed by atoms with Crippen molar-refractivity contribution in [2.45, 2.75) is 13.0 Å². The van der Waals surface area contributed by atoms with Crippen molar-refractivity contribution >= 4 is 27.5 Å². The lowest BCUT2D eigenvalue weighted by Gasteiger charge is -2.18. The summed E-state index contributed by atoms with van der Waals surface area (Å²) in [4.78, 5) is 12.3. The third-order valence-electron chi connectivity index (χ3n) is 3.24. The van der Waals surface area contributed by atoms with E-state index in [1.165, 1.54) is 0 Å². The highest BCUT2D eigenvalue weighted by Gasteiger charge is 2.33. The zero-order chi connectivity index (χ0) is 14.5. The van der Waals surface area contributed by atoms with Crippen molar-refractivity contribution in [3.63, 3.8) is 0 Å². The van der Waals surface area contributed by atoms with Gasteiger partial charge in [-0.25, -0.2) is 0 Å². The second-order valence-corrected chi connectivity index (χ2v) is 5.51. The maximum atomic E-state index is 12.3. The standard InChI is InChI=1S/C14H16BrN3O2/c1-2-17-13-8-20-7-11(13)14(19)18-12-5-10(15)4-3-9(12)6-16/h3-5,11,13,17H,2,7-8H2,1H3,(H,18,19). The molecule has 0 aromatic heterocycles. The summed E-state index contributed by atoms with van der Waals surface area (Å²) in [6, 6.07) is 7.27. The Balaban J connectivity index is 2.12. The smallest absolute Gasteiger partial charge is 0.231 e. The van der Waals surface area contributed by atoms with Crippen LogP contribution in [-0.4, -0.2) is 31.7 Å². The minimum atomic E-state index is -0.236. The quantitative estimate of drug-likeness (QED) is 0.879. The lowest BCUT2D eigenvalue weighted by Crippen LogP contribution is -2.41. The van der Waals surface area contributed by atoms with Gasteiger partial charge in [0.25, 0.3) is 0 Å². The van der Waals surface area contributed by atoms with E-state index in [0.717, 1.165) is 11.0 Å². The van der Waals surface area contributed by atoms with E-state index in [0.29, 0.717) is 24.5 Å². The summed E-state index contributed by atoms with van der Waals surface area (Å²) in [6.45, 7) is 3.72. The van der Waals surface area contributed by atoms with Crippen molar-refractivity contribution in [2.24, 2.45) is 5.92 Å². The second kappa shape index (κ2) is 6.84. The lowest BCUT2D eigenvalue weighted by molar-refractivity contribution is -0.120. The summed E-state index contributed by atoms with van der Waals surface area (Å²) >= 11 is 3.34. The molecule has 1 aliphatic rings. The fourth-order valence-corrected chi connectivity index (χ4v) is 2.58. The number of benzene rings is 1. The molecule has 5 nitrogen and oxygen atoms in total. The van der Waals surface area contributed by atoms with Crippen molar-refractivity contribution in [3.8, 4) is 6.07 Å². The molecule has 1 aliphatic heterocycles. The van der Waals surface area contributed by atoms with Gasteiger partial charge < -0.3 is 15.4 Å². The number of nitrogens with one attached hydrogen (secondary N) is 2. The molecule has 0 bridgehead atoms. The molecule has 0 aliphatic carbocycles. The molecule has 1 fully saturated rings. The van der Waals surface area contributed by atoms with Crippen LogP contribution < -0.4 is 10.6 Å². The third-order valence-corrected chi connectivity index (χ3v) is 3.74.